The highest BCUT2D eigenvalue weighted by atomic mass is 16.5. The smallest absolute Gasteiger partial charge is 0.127 e. The summed E-state index contributed by atoms with van der Waals surface area (Å²) < 4.78 is 17.9. The quantitative estimate of drug-likeness (QED) is 0.418. The Bertz CT molecular complexity index is 636. The number of hydrogen-bond donors (Lipinski definition) is 0. The van der Waals surface area contributed by atoms with Gasteiger partial charge in [0.2, 0.25) is 0 Å². The predicted molar refractivity (Wildman–Crippen MR) is 105 cm³/mol. The van der Waals surface area contributed by atoms with E-state index in [0.29, 0.717) is 0 Å². The molecule has 0 aliphatic rings. The second-order valence-electron chi connectivity index (χ2n) is 6.38. The molecule has 138 valence electrons. The third-order valence-electron chi connectivity index (χ3n) is 4.19. The molecule has 0 spiro atoms. The van der Waals surface area contributed by atoms with Gasteiger partial charge < -0.3 is 14.2 Å². The summed E-state index contributed by atoms with van der Waals surface area (Å²) in [5, 5.41) is 2.16. The average Bonchev–Trinajstić information content (AvgIpc) is 2.63. The molecule has 2 rings (SSSR count). The summed E-state index contributed by atoms with van der Waals surface area (Å²) in [5.41, 5.74) is 0. The van der Waals surface area contributed by atoms with Gasteiger partial charge in [0.25, 0.3) is 0 Å². The van der Waals surface area contributed by atoms with Crippen molar-refractivity contribution in [2.24, 2.45) is 0 Å². The largest absolute Gasteiger partial charge is 0.494 e. The molecule has 0 saturated carbocycles. The fourth-order valence-electron chi connectivity index (χ4n) is 2.60. The molecular weight excluding hydrogens is 312 g/mol. The number of hydrogen-bond acceptors (Lipinski definition) is 3. The van der Waals surface area contributed by atoms with Gasteiger partial charge in [-0.05, 0) is 49.6 Å². The molecule has 2 aromatic rings. The van der Waals surface area contributed by atoms with Crippen LogP contribution in [0.2, 0.25) is 0 Å². The molecule has 0 unspecified atom stereocenters. The van der Waals surface area contributed by atoms with Crippen molar-refractivity contribution in [3.63, 3.8) is 0 Å². The number of ether oxygens (including phenoxy) is 3. The lowest BCUT2D eigenvalue weighted by Crippen LogP contribution is -2.01. The Morgan fingerprint density at radius 3 is 1.68 bits per heavy atom. The van der Waals surface area contributed by atoms with Crippen molar-refractivity contribution in [3.05, 3.63) is 30.3 Å². The molecule has 0 aliphatic heterocycles. The first kappa shape index (κ1) is 19.4. The van der Waals surface area contributed by atoms with Gasteiger partial charge in [0.1, 0.15) is 17.2 Å². The van der Waals surface area contributed by atoms with Crippen molar-refractivity contribution in [3.8, 4) is 17.2 Å². The Hall–Kier alpha value is -1.90. The van der Waals surface area contributed by atoms with Crippen LogP contribution >= 0.6 is 0 Å². The summed E-state index contributed by atoms with van der Waals surface area (Å²) in [7, 11) is 0. The van der Waals surface area contributed by atoms with E-state index in [2.05, 4.69) is 32.9 Å². The third-order valence-corrected chi connectivity index (χ3v) is 4.19. The molecule has 0 heterocycles. The fraction of sp³-hybridized carbons (Fsp3) is 0.545. The highest BCUT2D eigenvalue weighted by molar-refractivity contribution is 5.94. The van der Waals surface area contributed by atoms with Crippen LogP contribution in [0.25, 0.3) is 10.8 Å². The normalized spacial score (nSPS) is 10.8. The minimum Gasteiger partial charge on any atom is -0.494 e. The molecule has 0 N–H and O–H groups in total. The topological polar surface area (TPSA) is 27.7 Å². The lowest BCUT2D eigenvalue weighted by molar-refractivity contribution is 0.304. The molecule has 0 atom stereocenters. The molecule has 0 bridgehead atoms. The van der Waals surface area contributed by atoms with Crippen LogP contribution in [0.15, 0.2) is 30.3 Å². The van der Waals surface area contributed by atoms with Crippen LogP contribution in [0.4, 0.5) is 0 Å². The summed E-state index contributed by atoms with van der Waals surface area (Å²) in [6.07, 6.45) is 6.58. The first-order valence-corrected chi connectivity index (χ1v) is 9.75. The van der Waals surface area contributed by atoms with E-state index in [4.69, 9.17) is 14.2 Å². The molecule has 3 nitrogen and oxygen atoms in total. The second-order valence-corrected chi connectivity index (χ2v) is 6.38. The maximum absolute atomic E-state index is 6.01. The lowest BCUT2D eigenvalue weighted by atomic mass is 10.1. The Balaban J connectivity index is 2.27. The standard InChI is InChI=1S/C22H32O3/c1-4-7-14-23-18-10-11-19-20(17-18)22(25-16-9-6-3)13-12-21(19)24-15-8-5-2/h10-13,17H,4-9,14-16H2,1-3H3. The van der Waals surface area contributed by atoms with Gasteiger partial charge >= 0.3 is 0 Å². The van der Waals surface area contributed by atoms with Crippen molar-refractivity contribution in [2.75, 3.05) is 19.8 Å². The fourth-order valence-corrected chi connectivity index (χ4v) is 2.60. The van der Waals surface area contributed by atoms with E-state index in [1.54, 1.807) is 0 Å². The van der Waals surface area contributed by atoms with E-state index in [1.807, 2.05) is 18.2 Å². The van der Waals surface area contributed by atoms with Gasteiger partial charge in [-0.15, -0.1) is 0 Å². The van der Waals surface area contributed by atoms with E-state index >= 15 is 0 Å². The molecular formula is C22H32O3. The Labute approximate surface area is 152 Å². The van der Waals surface area contributed by atoms with E-state index < -0.39 is 0 Å². The molecule has 0 radical (unpaired) electrons. The first-order chi connectivity index (χ1) is 12.3. The summed E-state index contributed by atoms with van der Waals surface area (Å²) >= 11 is 0. The highest BCUT2D eigenvalue weighted by Gasteiger charge is 2.10. The monoisotopic (exact) mass is 344 g/mol. The molecule has 3 heteroatoms. The van der Waals surface area contributed by atoms with Gasteiger partial charge in [-0.3, -0.25) is 0 Å². The van der Waals surface area contributed by atoms with Gasteiger partial charge in [-0.1, -0.05) is 40.0 Å². The van der Waals surface area contributed by atoms with Gasteiger partial charge in [-0.2, -0.15) is 0 Å². The van der Waals surface area contributed by atoms with Gasteiger partial charge in [-0.25, -0.2) is 0 Å². The van der Waals surface area contributed by atoms with Gasteiger partial charge in [0.15, 0.2) is 0 Å². The second kappa shape index (κ2) is 10.9. The summed E-state index contributed by atoms with van der Waals surface area (Å²) in [5.74, 6) is 2.73. The summed E-state index contributed by atoms with van der Waals surface area (Å²) in [4.78, 5) is 0. The zero-order chi connectivity index (χ0) is 17.9. The van der Waals surface area contributed by atoms with E-state index in [9.17, 15) is 0 Å². The lowest BCUT2D eigenvalue weighted by Gasteiger charge is -2.15. The maximum atomic E-state index is 6.01. The summed E-state index contributed by atoms with van der Waals surface area (Å²) in [6, 6.07) is 10.2. The zero-order valence-corrected chi connectivity index (χ0v) is 16.0. The van der Waals surface area contributed by atoms with Gasteiger partial charge in [0.05, 0.1) is 19.8 Å². The maximum Gasteiger partial charge on any atom is 0.127 e. The van der Waals surface area contributed by atoms with Crippen molar-refractivity contribution in [2.45, 2.75) is 59.3 Å². The third kappa shape index (κ3) is 5.84. The van der Waals surface area contributed by atoms with Gasteiger partial charge in [0, 0.05) is 10.8 Å². The molecule has 0 aliphatic carbocycles. The molecule has 2 aromatic carbocycles. The Morgan fingerprint density at radius 1 is 0.600 bits per heavy atom. The van der Waals surface area contributed by atoms with Crippen LogP contribution < -0.4 is 14.2 Å². The summed E-state index contributed by atoms with van der Waals surface area (Å²) in [6.45, 7) is 8.75. The number of benzene rings is 2. The minimum atomic E-state index is 0.739. The SMILES string of the molecule is CCCCOc1ccc2c(OCCCC)ccc(OCCCC)c2c1. The predicted octanol–water partition coefficient (Wildman–Crippen LogP) is 6.38. The van der Waals surface area contributed by atoms with E-state index in [0.717, 1.165) is 86.4 Å². The van der Waals surface area contributed by atoms with Crippen LogP contribution in [0.5, 0.6) is 17.2 Å². The Kier molecular flexibility index (Phi) is 8.44. The van der Waals surface area contributed by atoms with Crippen LogP contribution in [0.3, 0.4) is 0 Å². The molecule has 0 fully saturated rings. The van der Waals surface area contributed by atoms with Crippen molar-refractivity contribution >= 4 is 10.8 Å². The van der Waals surface area contributed by atoms with Crippen LogP contribution in [-0.4, -0.2) is 19.8 Å². The molecule has 0 saturated heterocycles. The molecule has 0 aromatic heterocycles. The molecule has 25 heavy (non-hydrogen) atoms. The number of fused-ring (bicyclic) bond motifs is 1. The zero-order valence-electron chi connectivity index (χ0n) is 16.0. The molecule has 0 amide bonds. The minimum absolute atomic E-state index is 0.739. The Morgan fingerprint density at radius 2 is 1.12 bits per heavy atom. The van der Waals surface area contributed by atoms with Crippen molar-refractivity contribution in [1.29, 1.82) is 0 Å². The van der Waals surface area contributed by atoms with Crippen LogP contribution in [-0.2, 0) is 0 Å². The first-order valence-electron chi connectivity index (χ1n) is 9.75. The van der Waals surface area contributed by atoms with Crippen molar-refractivity contribution < 1.29 is 14.2 Å². The number of unbranched alkanes of at least 4 members (excludes halogenated alkanes) is 3. The van der Waals surface area contributed by atoms with Crippen LogP contribution in [0, 0.1) is 0 Å². The van der Waals surface area contributed by atoms with E-state index in [-0.39, 0.29) is 0 Å². The van der Waals surface area contributed by atoms with Crippen molar-refractivity contribution in [1.82, 2.24) is 0 Å². The van der Waals surface area contributed by atoms with E-state index in [1.165, 1.54) is 0 Å². The number of rotatable bonds is 12. The average molecular weight is 344 g/mol. The highest BCUT2D eigenvalue weighted by Crippen LogP contribution is 2.36. The van der Waals surface area contributed by atoms with Crippen LogP contribution in [0.1, 0.15) is 59.3 Å².